The van der Waals surface area contributed by atoms with E-state index < -0.39 is 6.04 Å². The van der Waals surface area contributed by atoms with Crippen molar-refractivity contribution >= 4 is 17.5 Å². The maximum Gasteiger partial charge on any atom is 0.242 e. The van der Waals surface area contributed by atoms with E-state index in [1.807, 2.05) is 47.0 Å². The Bertz CT molecular complexity index is 1110. The van der Waals surface area contributed by atoms with Gasteiger partial charge in [-0.1, -0.05) is 12.1 Å². The van der Waals surface area contributed by atoms with Crippen LogP contribution in [0.5, 0.6) is 11.5 Å². The highest BCUT2D eigenvalue weighted by Crippen LogP contribution is 2.33. The number of likely N-dealkylation sites (tertiary alicyclic amines) is 1. The number of fused-ring (bicyclic) bond motifs is 2. The third-order valence-electron chi connectivity index (χ3n) is 5.45. The molecule has 1 N–H and O–H groups in total. The van der Waals surface area contributed by atoms with Crippen LogP contribution in [0.15, 0.2) is 42.6 Å². The summed E-state index contributed by atoms with van der Waals surface area (Å²) >= 11 is 0. The van der Waals surface area contributed by atoms with Gasteiger partial charge in [0, 0.05) is 32.1 Å². The number of benzene rings is 1. The summed E-state index contributed by atoms with van der Waals surface area (Å²) in [7, 11) is 0. The van der Waals surface area contributed by atoms with E-state index in [4.69, 9.17) is 9.47 Å². The lowest BCUT2D eigenvalue weighted by molar-refractivity contribution is -0.135. The van der Waals surface area contributed by atoms with Gasteiger partial charge in [0.2, 0.25) is 18.6 Å². The molecule has 0 bridgehead atoms. The number of amides is 2. The van der Waals surface area contributed by atoms with E-state index in [9.17, 15) is 9.59 Å². The van der Waals surface area contributed by atoms with Crippen LogP contribution in [0, 0.1) is 0 Å². The molecule has 1 atom stereocenters. The number of nitrogens with one attached hydrogen (secondary N) is 1. The van der Waals surface area contributed by atoms with Gasteiger partial charge < -0.3 is 19.7 Å². The fraction of sp³-hybridized carbons (Fsp3) is 0.333. The van der Waals surface area contributed by atoms with Crippen LogP contribution in [-0.4, -0.2) is 50.7 Å². The number of ether oxygens (including phenoxy) is 2. The predicted molar refractivity (Wildman–Crippen MR) is 106 cm³/mol. The molecule has 1 aromatic carbocycles. The van der Waals surface area contributed by atoms with Gasteiger partial charge in [-0.3, -0.25) is 14.0 Å². The van der Waals surface area contributed by atoms with Crippen molar-refractivity contribution in [2.24, 2.45) is 0 Å². The Morgan fingerprint density at radius 2 is 2.07 bits per heavy atom. The molecule has 4 heterocycles. The number of hydrogen-bond donors (Lipinski definition) is 1. The Labute approximate surface area is 172 Å². The van der Waals surface area contributed by atoms with Crippen molar-refractivity contribution in [3.05, 3.63) is 54.0 Å². The van der Waals surface area contributed by atoms with Gasteiger partial charge in [0.15, 0.2) is 17.1 Å². The molecule has 2 aliphatic rings. The smallest absolute Gasteiger partial charge is 0.242 e. The molecule has 1 unspecified atom stereocenters. The normalized spacial score (nSPS) is 17.7. The molecule has 9 nitrogen and oxygen atoms in total. The van der Waals surface area contributed by atoms with Gasteiger partial charge in [-0.2, -0.15) is 0 Å². The molecule has 1 saturated heterocycles. The van der Waals surface area contributed by atoms with Gasteiger partial charge in [-0.15, -0.1) is 10.2 Å². The topological polar surface area (TPSA) is 98.1 Å². The lowest BCUT2D eigenvalue weighted by Crippen LogP contribution is -2.44. The Balaban J connectivity index is 1.21. The molecule has 30 heavy (non-hydrogen) atoms. The Hall–Kier alpha value is -3.62. The van der Waals surface area contributed by atoms with Crippen LogP contribution in [0.4, 0.5) is 0 Å². The number of aromatic nitrogens is 3. The molecular weight excluding hydrogens is 386 g/mol. The average Bonchev–Trinajstić information content (AvgIpc) is 3.47. The zero-order valence-corrected chi connectivity index (χ0v) is 16.3. The van der Waals surface area contributed by atoms with Crippen LogP contribution >= 0.6 is 0 Å². The van der Waals surface area contributed by atoms with Crippen LogP contribution in [0.1, 0.15) is 24.2 Å². The van der Waals surface area contributed by atoms with Gasteiger partial charge >= 0.3 is 0 Å². The molecule has 3 aromatic rings. The Kier molecular flexibility index (Phi) is 4.70. The van der Waals surface area contributed by atoms with Crippen LogP contribution in [0.25, 0.3) is 5.65 Å². The van der Waals surface area contributed by atoms with Crippen LogP contribution in [0.3, 0.4) is 0 Å². The molecule has 154 valence electrons. The quantitative estimate of drug-likeness (QED) is 0.662. The minimum absolute atomic E-state index is 0.0173. The maximum atomic E-state index is 12.8. The summed E-state index contributed by atoms with van der Waals surface area (Å²) in [5, 5.41) is 11.2. The highest BCUT2D eigenvalue weighted by Gasteiger charge is 2.36. The summed E-state index contributed by atoms with van der Waals surface area (Å²) in [5.74, 6) is 1.99. The first-order valence-corrected chi connectivity index (χ1v) is 9.93. The van der Waals surface area contributed by atoms with Crippen molar-refractivity contribution < 1.29 is 19.1 Å². The molecule has 0 spiro atoms. The second-order valence-corrected chi connectivity index (χ2v) is 7.35. The van der Waals surface area contributed by atoms with Crippen LogP contribution in [-0.2, 0) is 22.6 Å². The van der Waals surface area contributed by atoms with E-state index in [2.05, 4.69) is 15.5 Å². The molecule has 1 fully saturated rings. The van der Waals surface area contributed by atoms with E-state index in [-0.39, 0.29) is 18.6 Å². The standard InChI is InChI=1S/C21H21N5O4/c27-20-7-5-15(26(20)12-14-4-6-16-17(11-14)30-13-29-16)21(28)22-9-8-19-24-23-18-3-1-2-10-25(18)19/h1-4,6,10-11,15H,5,7-9,12-13H2,(H,22,28). The molecule has 9 heteroatoms. The minimum atomic E-state index is -0.474. The second kappa shape index (κ2) is 7.66. The monoisotopic (exact) mass is 407 g/mol. The van der Waals surface area contributed by atoms with E-state index in [0.717, 1.165) is 17.0 Å². The van der Waals surface area contributed by atoms with Gasteiger partial charge in [-0.05, 0) is 36.2 Å². The summed E-state index contributed by atoms with van der Waals surface area (Å²) in [5.41, 5.74) is 1.68. The van der Waals surface area contributed by atoms with Gasteiger partial charge in [-0.25, -0.2) is 0 Å². The molecule has 2 amide bonds. The van der Waals surface area contributed by atoms with E-state index in [1.165, 1.54) is 0 Å². The molecular formula is C21H21N5O4. The molecule has 2 aromatic heterocycles. The highest BCUT2D eigenvalue weighted by atomic mass is 16.7. The SMILES string of the molecule is O=C(NCCc1nnc2ccccn12)C1CCC(=O)N1Cc1ccc2c(c1)OCO2. The Morgan fingerprint density at radius 3 is 3.00 bits per heavy atom. The number of rotatable bonds is 6. The molecule has 0 radical (unpaired) electrons. The lowest BCUT2D eigenvalue weighted by Gasteiger charge is -2.24. The summed E-state index contributed by atoms with van der Waals surface area (Å²) < 4.78 is 12.6. The zero-order valence-electron chi connectivity index (χ0n) is 16.3. The Morgan fingerprint density at radius 1 is 1.17 bits per heavy atom. The minimum Gasteiger partial charge on any atom is -0.454 e. The first-order valence-electron chi connectivity index (χ1n) is 9.93. The first-order chi connectivity index (χ1) is 14.7. The van der Waals surface area contributed by atoms with Crippen molar-refractivity contribution in [3.8, 4) is 11.5 Å². The van der Waals surface area contributed by atoms with E-state index >= 15 is 0 Å². The summed E-state index contributed by atoms with van der Waals surface area (Å²) in [6.07, 6.45) is 3.34. The van der Waals surface area contributed by atoms with Crippen molar-refractivity contribution in [1.29, 1.82) is 0 Å². The number of carbonyl (C=O) groups excluding carboxylic acids is 2. The van der Waals surface area contributed by atoms with Gasteiger partial charge in [0.1, 0.15) is 11.9 Å². The number of carbonyl (C=O) groups is 2. The molecule has 5 rings (SSSR count). The fourth-order valence-corrected chi connectivity index (χ4v) is 3.92. The number of hydrogen-bond acceptors (Lipinski definition) is 6. The molecule has 0 aliphatic carbocycles. The van der Waals surface area contributed by atoms with Crippen LogP contribution < -0.4 is 14.8 Å². The predicted octanol–water partition coefficient (Wildman–Crippen LogP) is 1.31. The van der Waals surface area contributed by atoms with Gasteiger partial charge in [0.25, 0.3) is 0 Å². The average molecular weight is 407 g/mol. The van der Waals surface area contributed by atoms with Crippen molar-refractivity contribution in [2.45, 2.75) is 31.8 Å². The maximum absolute atomic E-state index is 12.8. The van der Waals surface area contributed by atoms with Crippen molar-refractivity contribution in [1.82, 2.24) is 24.8 Å². The molecule has 0 saturated carbocycles. The third kappa shape index (κ3) is 3.42. The van der Waals surface area contributed by atoms with Crippen LogP contribution in [0.2, 0.25) is 0 Å². The summed E-state index contributed by atoms with van der Waals surface area (Å²) in [4.78, 5) is 26.8. The van der Waals surface area contributed by atoms with Gasteiger partial charge in [0.05, 0.1) is 0 Å². The first kappa shape index (κ1) is 18.4. The number of nitrogens with zero attached hydrogens (tertiary/aromatic N) is 4. The van der Waals surface area contributed by atoms with E-state index in [0.29, 0.717) is 43.9 Å². The third-order valence-corrected chi connectivity index (χ3v) is 5.45. The lowest BCUT2D eigenvalue weighted by atomic mass is 10.1. The van der Waals surface area contributed by atoms with Crippen molar-refractivity contribution in [3.63, 3.8) is 0 Å². The van der Waals surface area contributed by atoms with E-state index in [1.54, 1.807) is 4.90 Å². The zero-order chi connectivity index (χ0) is 20.5. The molecule has 2 aliphatic heterocycles. The number of pyridine rings is 1. The largest absolute Gasteiger partial charge is 0.454 e. The summed E-state index contributed by atoms with van der Waals surface area (Å²) in [6, 6.07) is 10.8. The highest BCUT2D eigenvalue weighted by molar-refractivity contribution is 5.90. The van der Waals surface area contributed by atoms with Crippen molar-refractivity contribution in [2.75, 3.05) is 13.3 Å². The second-order valence-electron chi connectivity index (χ2n) is 7.35. The fourth-order valence-electron chi connectivity index (χ4n) is 3.92. The summed E-state index contributed by atoms with van der Waals surface area (Å²) in [6.45, 7) is 0.993.